The van der Waals surface area contributed by atoms with E-state index in [1.54, 1.807) is 0 Å². The van der Waals surface area contributed by atoms with Gasteiger partial charge >= 0.3 is 0 Å². The molecule has 2 N–H and O–H groups in total. The highest BCUT2D eigenvalue weighted by atomic mass is 16.6. The van der Waals surface area contributed by atoms with Gasteiger partial charge in [0.15, 0.2) is 5.82 Å². The Balaban J connectivity index is 1.88. The lowest BCUT2D eigenvalue weighted by molar-refractivity contribution is 0.0994. The summed E-state index contributed by atoms with van der Waals surface area (Å²) in [5.41, 5.74) is 0. The molecule has 1 aromatic heterocycles. The number of aromatic nitrogens is 2. The number of nitrogens with zero attached hydrogens (tertiary/aromatic N) is 2. The molecule has 2 rings (SSSR count). The Bertz CT molecular complexity index is 283. The molecule has 6 heteroatoms. The van der Waals surface area contributed by atoms with E-state index in [1.807, 2.05) is 0 Å². The third-order valence-corrected chi connectivity index (χ3v) is 2.15. The summed E-state index contributed by atoms with van der Waals surface area (Å²) in [7, 11) is 0. The van der Waals surface area contributed by atoms with Gasteiger partial charge in [-0.05, 0) is 12.8 Å². The van der Waals surface area contributed by atoms with Gasteiger partial charge in [0, 0.05) is 13.0 Å². The second-order valence-electron chi connectivity index (χ2n) is 3.25. The Morgan fingerprint density at radius 1 is 1.57 bits per heavy atom. The van der Waals surface area contributed by atoms with Crippen molar-refractivity contribution in [2.24, 2.45) is 5.90 Å². The van der Waals surface area contributed by atoms with Crippen molar-refractivity contribution in [3.63, 3.8) is 0 Å². The molecule has 0 bridgehead atoms. The van der Waals surface area contributed by atoms with E-state index in [4.69, 9.17) is 15.2 Å². The largest absolute Gasteiger partial charge is 0.378 e. The van der Waals surface area contributed by atoms with E-state index < -0.39 is 0 Å². The van der Waals surface area contributed by atoms with Crippen LogP contribution in [0.1, 0.15) is 24.6 Å². The van der Waals surface area contributed by atoms with Crippen molar-refractivity contribution in [1.29, 1.82) is 0 Å². The smallest absolute Gasteiger partial charge is 0.254 e. The van der Waals surface area contributed by atoms with Gasteiger partial charge < -0.3 is 9.26 Å². The van der Waals surface area contributed by atoms with Gasteiger partial charge in [-0.2, -0.15) is 4.98 Å². The summed E-state index contributed by atoms with van der Waals surface area (Å²) >= 11 is 0. The molecule has 0 aromatic carbocycles. The van der Waals surface area contributed by atoms with Crippen LogP contribution in [0.5, 0.6) is 0 Å². The highest BCUT2D eigenvalue weighted by molar-refractivity contribution is 4.88. The fourth-order valence-electron chi connectivity index (χ4n) is 1.51. The number of hydrogen-bond acceptors (Lipinski definition) is 6. The lowest BCUT2D eigenvalue weighted by atomic mass is 10.2. The van der Waals surface area contributed by atoms with Gasteiger partial charge in [0.05, 0.1) is 6.10 Å². The molecule has 1 atom stereocenters. The first-order valence-electron chi connectivity index (χ1n) is 4.63. The van der Waals surface area contributed by atoms with E-state index in [-0.39, 0.29) is 12.7 Å². The van der Waals surface area contributed by atoms with Crippen molar-refractivity contribution >= 4 is 0 Å². The minimum atomic E-state index is 0.151. The monoisotopic (exact) mass is 199 g/mol. The molecule has 0 spiro atoms. The summed E-state index contributed by atoms with van der Waals surface area (Å²) in [6.07, 6.45) is 3.12. The molecular formula is C8H13N3O3. The molecule has 2 heterocycles. The third kappa shape index (κ3) is 2.28. The van der Waals surface area contributed by atoms with E-state index in [2.05, 4.69) is 15.0 Å². The molecular weight excluding hydrogens is 186 g/mol. The van der Waals surface area contributed by atoms with Crippen LogP contribution in [0.4, 0.5) is 0 Å². The van der Waals surface area contributed by atoms with E-state index in [9.17, 15) is 0 Å². The van der Waals surface area contributed by atoms with Crippen LogP contribution in [0.3, 0.4) is 0 Å². The van der Waals surface area contributed by atoms with Crippen LogP contribution in [0.2, 0.25) is 0 Å². The maximum absolute atomic E-state index is 5.45. The van der Waals surface area contributed by atoms with Crippen molar-refractivity contribution in [3.8, 4) is 0 Å². The van der Waals surface area contributed by atoms with Gasteiger partial charge in [-0.15, -0.1) is 0 Å². The molecule has 1 saturated heterocycles. The van der Waals surface area contributed by atoms with E-state index >= 15 is 0 Å². The summed E-state index contributed by atoms with van der Waals surface area (Å²) in [6, 6.07) is 0. The maximum Gasteiger partial charge on any atom is 0.254 e. The zero-order chi connectivity index (χ0) is 9.80. The fourth-order valence-corrected chi connectivity index (χ4v) is 1.51. The minimum absolute atomic E-state index is 0.151. The molecule has 1 fully saturated rings. The molecule has 78 valence electrons. The Morgan fingerprint density at radius 2 is 2.50 bits per heavy atom. The average Bonchev–Trinajstić information content (AvgIpc) is 2.79. The summed E-state index contributed by atoms with van der Waals surface area (Å²) < 4.78 is 10.3. The predicted octanol–water partition coefficient (Wildman–Crippen LogP) is 0.181. The summed E-state index contributed by atoms with van der Waals surface area (Å²) in [6.45, 7) is 0.986. The number of ether oxygens (including phenoxy) is 1. The summed E-state index contributed by atoms with van der Waals surface area (Å²) in [5.74, 6) is 5.94. The van der Waals surface area contributed by atoms with Gasteiger partial charge in [-0.3, -0.25) is 4.84 Å². The zero-order valence-electron chi connectivity index (χ0n) is 7.81. The van der Waals surface area contributed by atoms with Crippen molar-refractivity contribution < 1.29 is 14.1 Å². The van der Waals surface area contributed by atoms with Crippen LogP contribution in [-0.2, 0) is 22.6 Å². The zero-order valence-corrected chi connectivity index (χ0v) is 7.81. The normalized spacial score (nSPS) is 21.6. The summed E-state index contributed by atoms with van der Waals surface area (Å²) in [4.78, 5) is 8.48. The Morgan fingerprint density at radius 3 is 3.21 bits per heavy atom. The lowest BCUT2D eigenvalue weighted by Crippen LogP contribution is -2.10. The van der Waals surface area contributed by atoms with Gasteiger partial charge in [-0.25, -0.2) is 5.90 Å². The van der Waals surface area contributed by atoms with Crippen LogP contribution < -0.4 is 5.90 Å². The minimum Gasteiger partial charge on any atom is -0.378 e. The van der Waals surface area contributed by atoms with E-state index in [0.717, 1.165) is 19.4 Å². The highest BCUT2D eigenvalue weighted by Gasteiger charge is 2.18. The molecule has 0 amide bonds. The molecule has 6 nitrogen and oxygen atoms in total. The predicted molar refractivity (Wildman–Crippen MR) is 46.0 cm³/mol. The van der Waals surface area contributed by atoms with Gasteiger partial charge in [0.2, 0.25) is 0 Å². The molecule has 0 saturated carbocycles. The molecule has 14 heavy (non-hydrogen) atoms. The quantitative estimate of drug-likeness (QED) is 0.696. The van der Waals surface area contributed by atoms with E-state index in [0.29, 0.717) is 18.1 Å². The summed E-state index contributed by atoms with van der Waals surface area (Å²) in [5, 5.41) is 3.80. The Labute approximate surface area is 81.3 Å². The molecule has 0 radical (unpaired) electrons. The Kier molecular flexibility index (Phi) is 3.07. The molecule has 1 aromatic rings. The van der Waals surface area contributed by atoms with Crippen molar-refractivity contribution in [1.82, 2.24) is 10.1 Å². The fraction of sp³-hybridized carbons (Fsp3) is 0.750. The van der Waals surface area contributed by atoms with Crippen LogP contribution in [0.25, 0.3) is 0 Å². The van der Waals surface area contributed by atoms with Crippen molar-refractivity contribution in [2.75, 3.05) is 6.61 Å². The van der Waals surface area contributed by atoms with Crippen molar-refractivity contribution in [3.05, 3.63) is 11.7 Å². The standard InChI is InChI=1S/C8H13N3O3/c9-13-5-8-10-7(11-14-8)4-6-2-1-3-12-6/h6H,1-5,9H2. The third-order valence-electron chi connectivity index (χ3n) is 2.15. The van der Waals surface area contributed by atoms with Crippen molar-refractivity contribution in [2.45, 2.75) is 32.0 Å². The Hall–Kier alpha value is -0.980. The van der Waals surface area contributed by atoms with E-state index in [1.165, 1.54) is 0 Å². The molecule has 1 aliphatic rings. The number of rotatable bonds is 4. The second kappa shape index (κ2) is 4.50. The van der Waals surface area contributed by atoms with Crippen LogP contribution in [0, 0.1) is 0 Å². The van der Waals surface area contributed by atoms with Crippen LogP contribution in [-0.4, -0.2) is 22.9 Å². The van der Waals surface area contributed by atoms with Crippen LogP contribution >= 0.6 is 0 Å². The lowest BCUT2D eigenvalue weighted by Gasteiger charge is -2.03. The average molecular weight is 199 g/mol. The second-order valence-corrected chi connectivity index (χ2v) is 3.25. The first kappa shape index (κ1) is 9.57. The van der Waals surface area contributed by atoms with Gasteiger partial charge in [0.25, 0.3) is 5.89 Å². The SMILES string of the molecule is NOCc1nc(CC2CCCO2)no1. The first-order chi connectivity index (χ1) is 6.88. The molecule has 1 unspecified atom stereocenters. The highest BCUT2D eigenvalue weighted by Crippen LogP contribution is 2.15. The topological polar surface area (TPSA) is 83.4 Å². The molecule has 1 aliphatic heterocycles. The first-order valence-corrected chi connectivity index (χ1v) is 4.63. The van der Waals surface area contributed by atoms with Gasteiger partial charge in [-0.1, -0.05) is 5.16 Å². The maximum atomic E-state index is 5.45. The number of hydrogen-bond donors (Lipinski definition) is 1. The van der Waals surface area contributed by atoms with Gasteiger partial charge in [0.1, 0.15) is 6.61 Å². The number of nitrogens with two attached hydrogens (primary N) is 1. The molecule has 0 aliphatic carbocycles. The van der Waals surface area contributed by atoms with Crippen LogP contribution in [0.15, 0.2) is 4.52 Å².